The lowest BCUT2D eigenvalue weighted by molar-refractivity contribution is 0.0721. The van der Waals surface area contributed by atoms with Crippen LogP contribution in [0.25, 0.3) is 0 Å². The molecule has 0 unspecified atom stereocenters. The average Bonchev–Trinajstić information content (AvgIpc) is 2.99. The van der Waals surface area contributed by atoms with Gasteiger partial charge in [0.2, 0.25) is 0 Å². The van der Waals surface area contributed by atoms with Crippen LogP contribution in [-0.2, 0) is 5.75 Å². The van der Waals surface area contributed by atoms with E-state index in [1.807, 2.05) is 36.1 Å². The molecule has 116 valence electrons. The van der Waals surface area contributed by atoms with E-state index >= 15 is 0 Å². The van der Waals surface area contributed by atoms with E-state index in [0.29, 0.717) is 0 Å². The number of rotatable bonds is 4. The summed E-state index contributed by atoms with van der Waals surface area (Å²) in [6.07, 6.45) is 3.49. The summed E-state index contributed by atoms with van der Waals surface area (Å²) in [5.74, 6) is 0.992. The van der Waals surface area contributed by atoms with Crippen molar-refractivity contribution in [3.05, 3.63) is 45.9 Å². The molecule has 22 heavy (non-hydrogen) atoms. The zero-order valence-electron chi connectivity index (χ0n) is 12.7. The number of aryl methyl sites for hydroxylation is 1. The highest BCUT2D eigenvalue weighted by atomic mass is 32.2. The Morgan fingerprint density at radius 3 is 2.77 bits per heavy atom. The Hall–Kier alpha value is -1.33. The minimum atomic E-state index is 0.178. The van der Waals surface area contributed by atoms with Crippen LogP contribution in [-0.4, -0.2) is 28.9 Å². The van der Waals surface area contributed by atoms with E-state index in [4.69, 9.17) is 0 Å². The van der Waals surface area contributed by atoms with E-state index in [9.17, 15) is 4.79 Å². The fourth-order valence-corrected chi connectivity index (χ4v) is 4.32. The quantitative estimate of drug-likeness (QED) is 0.780. The number of nitrogens with zero attached hydrogens (tertiary/aromatic N) is 2. The molecule has 2 heterocycles. The van der Waals surface area contributed by atoms with Crippen molar-refractivity contribution in [2.75, 3.05) is 13.1 Å². The molecule has 1 aliphatic rings. The predicted octanol–water partition coefficient (Wildman–Crippen LogP) is 4.37. The molecule has 1 aromatic carbocycles. The van der Waals surface area contributed by atoms with E-state index in [0.717, 1.165) is 52.8 Å². The van der Waals surface area contributed by atoms with Crippen LogP contribution in [0.1, 0.15) is 40.3 Å². The van der Waals surface area contributed by atoms with Crippen LogP contribution in [0.15, 0.2) is 34.5 Å². The van der Waals surface area contributed by atoms with Crippen molar-refractivity contribution in [3.8, 4) is 0 Å². The van der Waals surface area contributed by atoms with Crippen LogP contribution in [0.5, 0.6) is 0 Å². The molecule has 1 saturated heterocycles. The molecule has 1 aliphatic heterocycles. The molecule has 3 rings (SSSR count). The molecular formula is C17H20N2OS2. The Morgan fingerprint density at radius 1 is 1.27 bits per heavy atom. The maximum atomic E-state index is 12.7. The smallest absolute Gasteiger partial charge is 0.254 e. The minimum Gasteiger partial charge on any atom is -0.339 e. The molecular weight excluding hydrogens is 312 g/mol. The number of carbonyl (C=O) groups is 1. The zero-order chi connectivity index (χ0) is 15.4. The summed E-state index contributed by atoms with van der Waals surface area (Å²) in [5, 5.41) is 3.19. The van der Waals surface area contributed by atoms with Crippen LogP contribution < -0.4 is 0 Å². The molecule has 0 radical (unpaired) electrons. The van der Waals surface area contributed by atoms with Crippen molar-refractivity contribution in [2.45, 2.75) is 36.8 Å². The molecule has 5 heteroatoms. The third-order valence-electron chi connectivity index (χ3n) is 3.80. The van der Waals surface area contributed by atoms with Gasteiger partial charge in [-0.3, -0.25) is 4.79 Å². The third-order valence-corrected chi connectivity index (χ3v) is 5.73. The molecule has 1 aromatic heterocycles. The van der Waals surface area contributed by atoms with Gasteiger partial charge in [0.15, 0.2) is 0 Å². The van der Waals surface area contributed by atoms with Gasteiger partial charge in [0.1, 0.15) is 0 Å². The van der Waals surface area contributed by atoms with Gasteiger partial charge in [0.05, 0.1) is 16.3 Å². The molecule has 0 spiro atoms. The lowest BCUT2D eigenvalue weighted by Gasteiger charge is -2.27. The molecule has 1 fully saturated rings. The Morgan fingerprint density at radius 2 is 2.05 bits per heavy atom. The van der Waals surface area contributed by atoms with Gasteiger partial charge < -0.3 is 4.90 Å². The molecule has 0 bridgehead atoms. The van der Waals surface area contributed by atoms with Gasteiger partial charge in [0.25, 0.3) is 5.91 Å². The Kier molecular flexibility index (Phi) is 5.16. The summed E-state index contributed by atoms with van der Waals surface area (Å²) < 4.78 is 0. The number of thioether (sulfide) groups is 1. The van der Waals surface area contributed by atoms with Gasteiger partial charge in [0, 0.05) is 29.1 Å². The standard InChI is InChI=1S/C17H20N2OS2/c1-13-18-14(11-21-13)12-22-16-8-4-3-7-15(16)17(20)19-9-5-2-6-10-19/h3-4,7-8,11H,2,5-6,9-10,12H2,1H3. The first-order valence-electron chi connectivity index (χ1n) is 7.66. The molecule has 0 atom stereocenters. The second-order valence-electron chi connectivity index (χ2n) is 5.50. The number of likely N-dealkylation sites (tertiary alicyclic amines) is 1. The monoisotopic (exact) mass is 332 g/mol. The Labute approximate surface area is 139 Å². The first kappa shape index (κ1) is 15.6. The Balaban J connectivity index is 1.72. The topological polar surface area (TPSA) is 33.2 Å². The summed E-state index contributed by atoms with van der Waals surface area (Å²) >= 11 is 3.38. The highest BCUT2D eigenvalue weighted by molar-refractivity contribution is 7.98. The van der Waals surface area contributed by atoms with E-state index in [2.05, 4.69) is 10.4 Å². The Bertz CT molecular complexity index is 648. The molecule has 1 amide bonds. The normalized spacial score (nSPS) is 15.0. The van der Waals surface area contributed by atoms with Crippen molar-refractivity contribution < 1.29 is 4.79 Å². The van der Waals surface area contributed by atoms with Gasteiger partial charge in [-0.25, -0.2) is 4.98 Å². The highest BCUT2D eigenvalue weighted by Gasteiger charge is 2.20. The predicted molar refractivity (Wildman–Crippen MR) is 92.6 cm³/mol. The lowest BCUT2D eigenvalue weighted by Crippen LogP contribution is -2.35. The third kappa shape index (κ3) is 3.70. The number of thiazole rings is 1. The molecule has 0 N–H and O–H groups in total. The fourth-order valence-electron chi connectivity index (χ4n) is 2.66. The summed E-state index contributed by atoms with van der Waals surface area (Å²) in [7, 11) is 0. The summed E-state index contributed by atoms with van der Waals surface area (Å²) in [5.41, 5.74) is 1.93. The number of hydrogen-bond donors (Lipinski definition) is 0. The van der Waals surface area contributed by atoms with E-state index in [-0.39, 0.29) is 5.91 Å². The van der Waals surface area contributed by atoms with Crippen LogP contribution in [0.3, 0.4) is 0 Å². The number of benzene rings is 1. The van der Waals surface area contributed by atoms with E-state index < -0.39 is 0 Å². The molecule has 0 saturated carbocycles. The van der Waals surface area contributed by atoms with Crippen LogP contribution in [0.4, 0.5) is 0 Å². The van der Waals surface area contributed by atoms with Gasteiger partial charge in [-0.2, -0.15) is 0 Å². The van der Waals surface area contributed by atoms with Crippen molar-refractivity contribution in [1.82, 2.24) is 9.88 Å². The van der Waals surface area contributed by atoms with Crippen LogP contribution in [0.2, 0.25) is 0 Å². The second-order valence-corrected chi connectivity index (χ2v) is 7.57. The molecule has 2 aromatic rings. The first-order chi connectivity index (χ1) is 10.7. The van der Waals surface area contributed by atoms with E-state index in [1.54, 1.807) is 23.1 Å². The maximum Gasteiger partial charge on any atom is 0.254 e. The SMILES string of the molecule is Cc1nc(CSc2ccccc2C(=O)N2CCCCC2)cs1. The minimum absolute atomic E-state index is 0.178. The van der Waals surface area contributed by atoms with Crippen LogP contribution in [0, 0.1) is 6.92 Å². The number of hydrogen-bond acceptors (Lipinski definition) is 4. The summed E-state index contributed by atoms with van der Waals surface area (Å²) in [6.45, 7) is 3.80. The number of aromatic nitrogens is 1. The summed E-state index contributed by atoms with van der Waals surface area (Å²) in [6, 6.07) is 7.95. The van der Waals surface area contributed by atoms with Crippen molar-refractivity contribution in [2.24, 2.45) is 0 Å². The van der Waals surface area contributed by atoms with Gasteiger partial charge in [-0.1, -0.05) is 12.1 Å². The molecule has 0 aliphatic carbocycles. The van der Waals surface area contributed by atoms with Crippen molar-refractivity contribution in [3.63, 3.8) is 0 Å². The zero-order valence-corrected chi connectivity index (χ0v) is 14.4. The lowest BCUT2D eigenvalue weighted by atomic mass is 10.1. The van der Waals surface area contributed by atoms with Crippen molar-refractivity contribution >= 4 is 29.0 Å². The number of carbonyl (C=O) groups excluding carboxylic acids is 1. The first-order valence-corrected chi connectivity index (χ1v) is 9.52. The fraction of sp³-hybridized carbons (Fsp3) is 0.412. The number of amides is 1. The van der Waals surface area contributed by atoms with Gasteiger partial charge in [-0.15, -0.1) is 23.1 Å². The highest BCUT2D eigenvalue weighted by Crippen LogP contribution is 2.28. The maximum absolute atomic E-state index is 12.7. The molecule has 3 nitrogen and oxygen atoms in total. The van der Waals surface area contributed by atoms with Crippen LogP contribution >= 0.6 is 23.1 Å². The summed E-state index contributed by atoms with van der Waals surface area (Å²) in [4.78, 5) is 20.3. The van der Waals surface area contributed by atoms with Crippen molar-refractivity contribution in [1.29, 1.82) is 0 Å². The van der Waals surface area contributed by atoms with Gasteiger partial charge in [-0.05, 0) is 38.3 Å². The second kappa shape index (κ2) is 7.29. The average molecular weight is 332 g/mol. The number of piperidine rings is 1. The van der Waals surface area contributed by atoms with Gasteiger partial charge >= 0.3 is 0 Å². The van der Waals surface area contributed by atoms with E-state index in [1.165, 1.54) is 6.42 Å². The largest absolute Gasteiger partial charge is 0.339 e.